The Bertz CT molecular complexity index is 1010. The fourth-order valence-corrected chi connectivity index (χ4v) is 3.86. The number of hydrogen-bond acceptors (Lipinski definition) is 7. The van der Waals surface area contributed by atoms with Crippen LogP contribution in [0.2, 0.25) is 0 Å². The van der Waals surface area contributed by atoms with Gasteiger partial charge < -0.3 is 24.4 Å². The number of hydrogen-bond donors (Lipinski definition) is 1. The van der Waals surface area contributed by atoms with Crippen molar-refractivity contribution in [2.75, 3.05) is 44.3 Å². The van der Waals surface area contributed by atoms with Crippen molar-refractivity contribution in [3.63, 3.8) is 0 Å². The van der Waals surface area contributed by atoms with Crippen LogP contribution in [0.25, 0.3) is 0 Å². The molecule has 0 spiro atoms. The second-order valence-electron chi connectivity index (χ2n) is 6.84. The van der Waals surface area contributed by atoms with E-state index in [-0.39, 0.29) is 36.0 Å². The highest BCUT2D eigenvalue weighted by Gasteiger charge is 2.35. The van der Waals surface area contributed by atoms with E-state index in [4.69, 9.17) is 14.2 Å². The zero-order chi connectivity index (χ0) is 22.5. The second kappa shape index (κ2) is 9.74. The van der Waals surface area contributed by atoms with E-state index in [2.05, 4.69) is 5.32 Å². The molecule has 2 aromatic rings. The molecular formula is C22H24N2O6S. The average molecular weight is 445 g/mol. The van der Waals surface area contributed by atoms with E-state index in [0.717, 1.165) is 10.6 Å². The number of amides is 2. The number of thioether (sulfide) groups is 1. The second-order valence-corrected chi connectivity index (χ2v) is 7.72. The summed E-state index contributed by atoms with van der Waals surface area (Å²) < 4.78 is 15.3. The Morgan fingerprint density at radius 2 is 1.81 bits per heavy atom. The van der Waals surface area contributed by atoms with E-state index >= 15 is 0 Å². The van der Waals surface area contributed by atoms with Gasteiger partial charge in [0.05, 0.1) is 38.5 Å². The standard InChI is InChI=1S/C22H24N2O6S/c1-28-18-10-16(22(27)30-3)17(11-19(18)29-2)23-21(26)13-8-20(25)24(12-13)14-6-5-7-15(9-14)31-4/h5-7,9-11,13H,8,12H2,1-4H3,(H,23,26)/t13-/m0/s1. The van der Waals surface area contributed by atoms with Gasteiger partial charge in [-0.1, -0.05) is 6.07 Å². The third-order valence-electron chi connectivity index (χ3n) is 5.05. The molecular weight excluding hydrogens is 420 g/mol. The van der Waals surface area contributed by atoms with E-state index in [1.54, 1.807) is 16.7 Å². The summed E-state index contributed by atoms with van der Waals surface area (Å²) in [5.41, 5.74) is 1.11. The van der Waals surface area contributed by atoms with Crippen LogP contribution in [-0.4, -0.2) is 51.9 Å². The minimum absolute atomic E-state index is 0.0795. The predicted molar refractivity (Wildman–Crippen MR) is 118 cm³/mol. The first-order chi connectivity index (χ1) is 14.9. The van der Waals surface area contributed by atoms with E-state index in [1.807, 2.05) is 30.5 Å². The highest BCUT2D eigenvalue weighted by Crippen LogP contribution is 2.35. The number of methoxy groups -OCH3 is 3. The van der Waals surface area contributed by atoms with Gasteiger partial charge in [-0.05, 0) is 24.5 Å². The summed E-state index contributed by atoms with van der Waals surface area (Å²) in [6.07, 6.45) is 2.04. The molecule has 164 valence electrons. The van der Waals surface area contributed by atoms with Crippen molar-refractivity contribution in [3.05, 3.63) is 42.0 Å². The van der Waals surface area contributed by atoms with Gasteiger partial charge in [-0.15, -0.1) is 11.8 Å². The first-order valence-corrected chi connectivity index (χ1v) is 10.7. The zero-order valence-corrected chi connectivity index (χ0v) is 18.6. The zero-order valence-electron chi connectivity index (χ0n) is 17.8. The molecule has 1 aliphatic heterocycles. The lowest BCUT2D eigenvalue weighted by Gasteiger charge is -2.18. The number of esters is 1. The minimum atomic E-state index is -0.630. The topological polar surface area (TPSA) is 94.2 Å². The van der Waals surface area contributed by atoms with Crippen LogP contribution in [0, 0.1) is 5.92 Å². The lowest BCUT2D eigenvalue weighted by molar-refractivity contribution is -0.122. The van der Waals surface area contributed by atoms with Gasteiger partial charge in [0, 0.05) is 35.7 Å². The molecule has 1 heterocycles. The number of carbonyl (C=O) groups is 3. The van der Waals surface area contributed by atoms with Crippen molar-refractivity contribution in [2.45, 2.75) is 11.3 Å². The lowest BCUT2D eigenvalue weighted by atomic mass is 10.1. The Morgan fingerprint density at radius 1 is 1.10 bits per heavy atom. The summed E-state index contributed by atoms with van der Waals surface area (Å²) in [5, 5.41) is 2.75. The van der Waals surface area contributed by atoms with Crippen molar-refractivity contribution in [1.29, 1.82) is 0 Å². The molecule has 0 saturated carbocycles. The number of ether oxygens (including phenoxy) is 3. The summed E-state index contributed by atoms with van der Waals surface area (Å²) in [4.78, 5) is 40.4. The number of anilines is 2. The summed E-state index contributed by atoms with van der Waals surface area (Å²) in [6.45, 7) is 0.253. The third kappa shape index (κ3) is 4.77. The summed E-state index contributed by atoms with van der Waals surface area (Å²) in [5.74, 6) is -1.01. The molecule has 1 N–H and O–H groups in total. The van der Waals surface area contributed by atoms with Gasteiger partial charge in [0.25, 0.3) is 0 Å². The van der Waals surface area contributed by atoms with Crippen molar-refractivity contribution in [3.8, 4) is 11.5 Å². The van der Waals surface area contributed by atoms with Crippen molar-refractivity contribution in [2.24, 2.45) is 5.92 Å². The molecule has 2 amide bonds. The number of nitrogens with one attached hydrogen (secondary N) is 1. The van der Waals surface area contributed by atoms with Gasteiger partial charge in [-0.25, -0.2) is 4.79 Å². The molecule has 2 aromatic carbocycles. The molecule has 1 atom stereocenters. The van der Waals surface area contributed by atoms with Crippen LogP contribution in [-0.2, 0) is 14.3 Å². The fraction of sp³-hybridized carbons (Fsp3) is 0.318. The highest BCUT2D eigenvalue weighted by molar-refractivity contribution is 7.98. The van der Waals surface area contributed by atoms with Gasteiger partial charge in [-0.2, -0.15) is 0 Å². The van der Waals surface area contributed by atoms with Crippen LogP contribution in [0.1, 0.15) is 16.8 Å². The molecule has 0 radical (unpaired) electrons. The maximum atomic E-state index is 13.0. The molecule has 0 unspecified atom stereocenters. The largest absolute Gasteiger partial charge is 0.493 e. The van der Waals surface area contributed by atoms with Crippen molar-refractivity contribution < 1.29 is 28.6 Å². The Kier molecular flexibility index (Phi) is 7.06. The Labute approximate surface area is 184 Å². The monoisotopic (exact) mass is 444 g/mol. The SMILES string of the molecule is COC(=O)c1cc(OC)c(OC)cc1NC(=O)[C@H]1CC(=O)N(c2cccc(SC)c2)C1. The number of carbonyl (C=O) groups excluding carboxylic acids is 3. The molecule has 1 aliphatic rings. The van der Waals surface area contributed by atoms with Gasteiger partial charge in [0.15, 0.2) is 11.5 Å². The molecule has 9 heteroatoms. The first-order valence-electron chi connectivity index (χ1n) is 9.51. The maximum absolute atomic E-state index is 13.0. The van der Waals surface area contributed by atoms with E-state index in [1.165, 1.54) is 33.5 Å². The molecule has 8 nitrogen and oxygen atoms in total. The van der Waals surface area contributed by atoms with Gasteiger partial charge >= 0.3 is 5.97 Å². The van der Waals surface area contributed by atoms with Crippen LogP contribution in [0.5, 0.6) is 11.5 Å². The van der Waals surface area contributed by atoms with Crippen LogP contribution < -0.4 is 19.7 Å². The Hall–Kier alpha value is -3.20. The fourth-order valence-electron chi connectivity index (χ4n) is 3.41. The van der Waals surface area contributed by atoms with Crippen molar-refractivity contribution in [1.82, 2.24) is 0 Å². The van der Waals surface area contributed by atoms with E-state index in [0.29, 0.717) is 11.5 Å². The number of rotatable bonds is 7. The number of nitrogens with zero attached hydrogens (tertiary/aromatic N) is 1. The normalized spacial score (nSPS) is 15.5. The summed E-state index contributed by atoms with van der Waals surface area (Å²) in [6, 6.07) is 10.6. The van der Waals surface area contributed by atoms with Gasteiger partial charge in [0.1, 0.15) is 0 Å². The molecule has 31 heavy (non-hydrogen) atoms. The van der Waals surface area contributed by atoms with E-state index < -0.39 is 11.9 Å². The minimum Gasteiger partial charge on any atom is -0.493 e. The van der Waals surface area contributed by atoms with Crippen LogP contribution in [0.15, 0.2) is 41.3 Å². The Balaban J connectivity index is 1.83. The quantitative estimate of drug-likeness (QED) is 0.518. The first kappa shape index (κ1) is 22.5. The molecule has 0 aliphatic carbocycles. The summed E-state index contributed by atoms with van der Waals surface area (Å²) >= 11 is 1.58. The Morgan fingerprint density at radius 3 is 2.45 bits per heavy atom. The van der Waals surface area contributed by atoms with Crippen molar-refractivity contribution >= 4 is 40.9 Å². The third-order valence-corrected chi connectivity index (χ3v) is 5.77. The molecule has 0 bridgehead atoms. The highest BCUT2D eigenvalue weighted by atomic mass is 32.2. The average Bonchev–Trinajstić information content (AvgIpc) is 3.19. The van der Waals surface area contributed by atoms with Crippen LogP contribution in [0.4, 0.5) is 11.4 Å². The molecule has 3 rings (SSSR count). The van der Waals surface area contributed by atoms with Gasteiger partial charge in [-0.3, -0.25) is 9.59 Å². The van der Waals surface area contributed by atoms with Gasteiger partial charge in [0.2, 0.25) is 11.8 Å². The van der Waals surface area contributed by atoms with E-state index in [9.17, 15) is 14.4 Å². The molecule has 1 fully saturated rings. The summed E-state index contributed by atoms with van der Waals surface area (Å²) in [7, 11) is 4.15. The van der Waals surface area contributed by atoms with Crippen LogP contribution >= 0.6 is 11.8 Å². The maximum Gasteiger partial charge on any atom is 0.340 e. The molecule has 1 saturated heterocycles. The lowest BCUT2D eigenvalue weighted by Crippen LogP contribution is -2.28. The van der Waals surface area contributed by atoms with Crippen LogP contribution in [0.3, 0.4) is 0 Å². The number of benzene rings is 2. The predicted octanol–water partition coefficient (Wildman–Crippen LogP) is 3.20. The molecule has 0 aromatic heterocycles. The smallest absolute Gasteiger partial charge is 0.340 e.